The number of benzene rings is 1. The van der Waals surface area contributed by atoms with Crippen molar-refractivity contribution in [3.63, 3.8) is 0 Å². The number of hydrogen-bond acceptors (Lipinski definition) is 1. The normalized spacial score (nSPS) is 12.5. The van der Waals surface area contributed by atoms with Crippen molar-refractivity contribution in [3.05, 3.63) is 46.8 Å². The standard InChI is InChI=1S/C12H15ClFN/c1-3-8(2)6-12(15)9-4-5-11(14)10(13)7-9/h4-5,7,12H,2-3,6,15H2,1H3. The molecule has 0 spiro atoms. The first-order valence-electron chi connectivity index (χ1n) is 4.91. The fourth-order valence-corrected chi connectivity index (χ4v) is 1.51. The Kier molecular flexibility index (Phi) is 4.30. The molecule has 1 unspecified atom stereocenters. The van der Waals surface area contributed by atoms with E-state index in [1.165, 1.54) is 6.07 Å². The highest BCUT2D eigenvalue weighted by Gasteiger charge is 2.09. The quantitative estimate of drug-likeness (QED) is 0.778. The lowest BCUT2D eigenvalue weighted by Gasteiger charge is -2.13. The smallest absolute Gasteiger partial charge is 0.141 e. The molecule has 0 aromatic heterocycles. The molecule has 0 aliphatic carbocycles. The predicted molar refractivity (Wildman–Crippen MR) is 62.4 cm³/mol. The molecule has 0 amide bonds. The third kappa shape index (κ3) is 3.33. The van der Waals surface area contributed by atoms with Gasteiger partial charge in [-0.1, -0.05) is 36.7 Å². The van der Waals surface area contributed by atoms with Crippen LogP contribution in [0.1, 0.15) is 31.4 Å². The summed E-state index contributed by atoms with van der Waals surface area (Å²) >= 11 is 5.68. The fraction of sp³-hybridized carbons (Fsp3) is 0.333. The number of nitrogens with two attached hydrogens (primary N) is 1. The Morgan fingerprint density at radius 3 is 2.80 bits per heavy atom. The maximum atomic E-state index is 12.9. The maximum Gasteiger partial charge on any atom is 0.141 e. The summed E-state index contributed by atoms with van der Waals surface area (Å²) in [4.78, 5) is 0. The first kappa shape index (κ1) is 12.2. The van der Waals surface area contributed by atoms with Crippen molar-refractivity contribution in [1.29, 1.82) is 0 Å². The molecule has 2 N–H and O–H groups in total. The molecule has 1 aromatic rings. The molecule has 15 heavy (non-hydrogen) atoms. The van der Waals surface area contributed by atoms with Crippen LogP contribution in [-0.4, -0.2) is 0 Å². The van der Waals surface area contributed by atoms with Crippen molar-refractivity contribution < 1.29 is 4.39 Å². The summed E-state index contributed by atoms with van der Waals surface area (Å²) in [5.74, 6) is -0.415. The van der Waals surface area contributed by atoms with E-state index >= 15 is 0 Å². The summed E-state index contributed by atoms with van der Waals surface area (Å²) in [6.45, 7) is 5.93. The minimum Gasteiger partial charge on any atom is -0.324 e. The molecular weight excluding hydrogens is 213 g/mol. The minimum absolute atomic E-state index is 0.116. The Labute approximate surface area is 94.7 Å². The van der Waals surface area contributed by atoms with Gasteiger partial charge in [0.25, 0.3) is 0 Å². The number of halogens is 2. The third-order valence-electron chi connectivity index (χ3n) is 2.38. The Morgan fingerprint density at radius 1 is 1.60 bits per heavy atom. The van der Waals surface area contributed by atoms with Crippen LogP contribution in [0.25, 0.3) is 0 Å². The van der Waals surface area contributed by atoms with E-state index in [2.05, 4.69) is 6.58 Å². The molecule has 0 heterocycles. The van der Waals surface area contributed by atoms with Crippen molar-refractivity contribution in [3.8, 4) is 0 Å². The van der Waals surface area contributed by atoms with Gasteiger partial charge < -0.3 is 5.73 Å². The Morgan fingerprint density at radius 2 is 2.27 bits per heavy atom. The van der Waals surface area contributed by atoms with Crippen LogP contribution in [0.3, 0.4) is 0 Å². The van der Waals surface area contributed by atoms with Crippen LogP contribution in [0.2, 0.25) is 5.02 Å². The van der Waals surface area contributed by atoms with Crippen LogP contribution in [0, 0.1) is 5.82 Å². The molecule has 3 heteroatoms. The van der Waals surface area contributed by atoms with Crippen LogP contribution >= 0.6 is 11.6 Å². The first-order chi connectivity index (χ1) is 7.04. The average Bonchev–Trinajstić information content (AvgIpc) is 2.21. The summed E-state index contributed by atoms with van der Waals surface area (Å²) in [6.07, 6.45) is 1.61. The third-order valence-corrected chi connectivity index (χ3v) is 2.67. The van der Waals surface area contributed by atoms with Gasteiger partial charge in [0.1, 0.15) is 5.82 Å². The molecule has 0 saturated heterocycles. The van der Waals surface area contributed by atoms with E-state index in [4.69, 9.17) is 17.3 Å². The SMILES string of the molecule is C=C(CC)CC(N)c1ccc(F)c(Cl)c1. The van der Waals surface area contributed by atoms with E-state index in [1.807, 2.05) is 6.92 Å². The zero-order valence-electron chi connectivity index (χ0n) is 8.76. The monoisotopic (exact) mass is 227 g/mol. The highest BCUT2D eigenvalue weighted by atomic mass is 35.5. The summed E-state index contributed by atoms with van der Waals surface area (Å²) in [6, 6.07) is 4.42. The van der Waals surface area contributed by atoms with E-state index in [9.17, 15) is 4.39 Å². The van der Waals surface area contributed by atoms with Gasteiger partial charge in [-0.05, 0) is 30.5 Å². The van der Waals surface area contributed by atoms with Crippen molar-refractivity contribution >= 4 is 11.6 Å². The highest BCUT2D eigenvalue weighted by molar-refractivity contribution is 6.30. The van der Waals surface area contributed by atoms with E-state index in [0.29, 0.717) is 6.42 Å². The largest absolute Gasteiger partial charge is 0.324 e. The first-order valence-corrected chi connectivity index (χ1v) is 5.29. The second-order valence-corrected chi connectivity index (χ2v) is 3.99. The topological polar surface area (TPSA) is 26.0 Å². The molecule has 1 nitrogen and oxygen atoms in total. The van der Waals surface area contributed by atoms with E-state index < -0.39 is 5.82 Å². The molecule has 1 rings (SSSR count). The molecule has 0 radical (unpaired) electrons. The van der Waals surface area contributed by atoms with Gasteiger partial charge in [-0.25, -0.2) is 4.39 Å². The van der Waals surface area contributed by atoms with E-state index in [0.717, 1.165) is 17.6 Å². The fourth-order valence-electron chi connectivity index (χ4n) is 1.32. The lowest BCUT2D eigenvalue weighted by Crippen LogP contribution is -2.11. The van der Waals surface area contributed by atoms with Gasteiger partial charge in [0.05, 0.1) is 5.02 Å². The summed E-state index contributed by atoms with van der Waals surface area (Å²) < 4.78 is 12.9. The van der Waals surface area contributed by atoms with Crippen LogP contribution < -0.4 is 5.73 Å². The van der Waals surface area contributed by atoms with Gasteiger partial charge >= 0.3 is 0 Å². The molecule has 0 aliphatic rings. The average molecular weight is 228 g/mol. The molecule has 0 bridgehead atoms. The van der Waals surface area contributed by atoms with E-state index in [-0.39, 0.29) is 11.1 Å². The van der Waals surface area contributed by atoms with Gasteiger partial charge in [0.2, 0.25) is 0 Å². The molecule has 0 saturated carbocycles. The van der Waals surface area contributed by atoms with Gasteiger partial charge in [-0.3, -0.25) is 0 Å². The second kappa shape index (κ2) is 5.29. The minimum atomic E-state index is -0.415. The summed E-state index contributed by atoms with van der Waals surface area (Å²) in [7, 11) is 0. The zero-order valence-corrected chi connectivity index (χ0v) is 9.52. The Balaban J connectivity index is 2.78. The number of hydrogen-bond donors (Lipinski definition) is 1. The molecule has 82 valence electrons. The summed E-state index contributed by atoms with van der Waals surface area (Å²) in [5.41, 5.74) is 7.88. The predicted octanol–water partition coefficient (Wildman–Crippen LogP) is 3.84. The van der Waals surface area contributed by atoms with Crippen molar-refractivity contribution in [2.75, 3.05) is 0 Å². The number of rotatable bonds is 4. The van der Waals surface area contributed by atoms with Gasteiger partial charge in [-0.2, -0.15) is 0 Å². The van der Waals surface area contributed by atoms with Gasteiger partial charge in [0, 0.05) is 6.04 Å². The van der Waals surface area contributed by atoms with Crippen LogP contribution in [0.15, 0.2) is 30.4 Å². The van der Waals surface area contributed by atoms with Crippen LogP contribution in [-0.2, 0) is 0 Å². The molecule has 0 fully saturated rings. The highest BCUT2D eigenvalue weighted by Crippen LogP contribution is 2.23. The van der Waals surface area contributed by atoms with Crippen LogP contribution in [0.4, 0.5) is 4.39 Å². The summed E-state index contributed by atoms with van der Waals surface area (Å²) in [5, 5.41) is 0.116. The van der Waals surface area contributed by atoms with Gasteiger partial charge in [0.15, 0.2) is 0 Å². The molecule has 1 aromatic carbocycles. The maximum absolute atomic E-state index is 12.9. The molecular formula is C12H15ClFN. The zero-order chi connectivity index (χ0) is 11.4. The second-order valence-electron chi connectivity index (χ2n) is 3.59. The lowest BCUT2D eigenvalue weighted by atomic mass is 9.99. The molecule has 0 aliphatic heterocycles. The van der Waals surface area contributed by atoms with Crippen molar-refractivity contribution in [2.45, 2.75) is 25.8 Å². The van der Waals surface area contributed by atoms with E-state index in [1.54, 1.807) is 12.1 Å². The van der Waals surface area contributed by atoms with Crippen LogP contribution in [0.5, 0.6) is 0 Å². The lowest BCUT2D eigenvalue weighted by molar-refractivity contribution is 0.624. The van der Waals surface area contributed by atoms with Crippen molar-refractivity contribution in [2.24, 2.45) is 5.73 Å². The Hall–Kier alpha value is -0.860. The van der Waals surface area contributed by atoms with Crippen molar-refractivity contribution in [1.82, 2.24) is 0 Å². The Bertz CT molecular complexity index is 363. The van der Waals surface area contributed by atoms with Gasteiger partial charge in [-0.15, -0.1) is 0 Å². The molecule has 1 atom stereocenters.